The molecular formula is C76H120O6. The van der Waals surface area contributed by atoms with E-state index in [4.69, 9.17) is 14.2 Å². The van der Waals surface area contributed by atoms with Crippen LogP contribution in [0.3, 0.4) is 0 Å². The first kappa shape index (κ1) is 76.8. The van der Waals surface area contributed by atoms with E-state index < -0.39 is 12.1 Å². The standard InChI is InChI=1S/C76H120O6/c1-4-7-10-13-16-19-22-25-28-31-34-35-36-37-38-39-40-41-43-45-48-51-54-57-60-63-66-69-75(78)81-72-73(71-80-74(77)68-65-62-59-56-53-50-47-44-33-30-27-24-21-18-15-12-9-6-3)82-76(79)70-67-64-61-58-55-52-49-46-42-32-29-26-23-20-17-14-11-8-5-2/h7-8,10-11,16-17,19-20,25-26,28-30,33-35,37-38,40-42,45-46,48,52,55,61,64,73H,4-6,9,12-15,18,21-24,27,31-32,36,39,43-44,47,49-51,53-54,56-60,62-63,65-72H2,1-3H3/b10-7-,11-8-,19-16-,20-17-,28-25-,29-26-,33-30-,35-34-,38-37-,41-40-,46-42-,48-45-,55-52-,64-61-. The maximum atomic E-state index is 12.9. The second kappa shape index (κ2) is 68.3. The van der Waals surface area contributed by atoms with Crippen molar-refractivity contribution in [2.75, 3.05) is 13.2 Å². The van der Waals surface area contributed by atoms with Crippen LogP contribution in [0.25, 0.3) is 0 Å². The van der Waals surface area contributed by atoms with Gasteiger partial charge in [-0.1, -0.05) is 281 Å². The summed E-state index contributed by atoms with van der Waals surface area (Å²) in [5.41, 5.74) is 0. The number of allylic oxidation sites excluding steroid dienone is 28. The summed E-state index contributed by atoms with van der Waals surface area (Å²) in [6, 6.07) is 0. The Hall–Kier alpha value is -5.23. The number of carbonyl (C=O) groups excluding carboxylic acids is 3. The summed E-state index contributed by atoms with van der Waals surface area (Å²) >= 11 is 0. The predicted molar refractivity (Wildman–Crippen MR) is 357 cm³/mol. The van der Waals surface area contributed by atoms with Crippen molar-refractivity contribution in [2.45, 2.75) is 277 Å². The van der Waals surface area contributed by atoms with Crippen molar-refractivity contribution in [2.24, 2.45) is 0 Å². The van der Waals surface area contributed by atoms with Crippen LogP contribution in [0.4, 0.5) is 0 Å². The summed E-state index contributed by atoms with van der Waals surface area (Å²) in [7, 11) is 0. The van der Waals surface area contributed by atoms with Gasteiger partial charge >= 0.3 is 17.9 Å². The molecule has 0 amide bonds. The lowest BCUT2D eigenvalue weighted by Gasteiger charge is -2.18. The van der Waals surface area contributed by atoms with Crippen molar-refractivity contribution in [3.8, 4) is 0 Å². The number of unbranched alkanes of at least 4 members (excludes halogenated alkanes) is 19. The fourth-order valence-electron chi connectivity index (χ4n) is 8.56. The molecule has 0 saturated heterocycles. The predicted octanol–water partition coefficient (Wildman–Crippen LogP) is 23.0. The van der Waals surface area contributed by atoms with Crippen molar-refractivity contribution in [1.82, 2.24) is 0 Å². The molecule has 0 aliphatic heterocycles. The molecule has 0 bridgehead atoms. The Balaban J connectivity index is 4.54. The first-order chi connectivity index (χ1) is 40.5. The smallest absolute Gasteiger partial charge is 0.306 e. The molecule has 0 aliphatic rings. The number of hydrogen-bond acceptors (Lipinski definition) is 6. The highest BCUT2D eigenvalue weighted by Gasteiger charge is 2.19. The highest BCUT2D eigenvalue weighted by atomic mass is 16.6. The topological polar surface area (TPSA) is 78.9 Å². The van der Waals surface area contributed by atoms with Gasteiger partial charge in [-0.05, 0) is 141 Å². The van der Waals surface area contributed by atoms with E-state index in [1.165, 1.54) is 83.5 Å². The van der Waals surface area contributed by atoms with E-state index in [1.807, 2.05) is 12.2 Å². The van der Waals surface area contributed by atoms with Gasteiger partial charge in [-0.25, -0.2) is 0 Å². The van der Waals surface area contributed by atoms with E-state index in [0.29, 0.717) is 19.3 Å². The number of rotatable bonds is 58. The first-order valence-corrected chi connectivity index (χ1v) is 33.1. The molecule has 1 unspecified atom stereocenters. The summed E-state index contributed by atoms with van der Waals surface area (Å²) in [5.74, 6) is -1.04. The van der Waals surface area contributed by atoms with Crippen LogP contribution in [0.5, 0.6) is 0 Å². The quantitative estimate of drug-likeness (QED) is 0.0261. The van der Waals surface area contributed by atoms with Gasteiger partial charge in [-0.3, -0.25) is 14.4 Å². The third-order valence-electron chi connectivity index (χ3n) is 13.4. The lowest BCUT2D eigenvalue weighted by molar-refractivity contribution is -0.166. The fourth-order valence-corrected chi connectivity index (χ4v) is 8.56. The van der Waals surface area contributed by atoms with Crippen molar-refractivity contribution >= 4 is 17.9 Å². The number of hydrogen-bond donors (Lipinski definition) is 0. The largest absolute Gasteiger partial charge is 0.462 e. The van der Waals surface area contributed by atoms with Gasteiger partial charge in [0.2, 0.25) is 0 Å². The first-order valence-electron chi connectivity index (χ1n) is 33.1. The lowest BCUT2D eigenvalue weighted by Crippen LogP contribution is -2.30. The molecule has 0 rings (SSSR count). The average molecular weight is 1130 g/mol. The van der Waals surface area contributed by atoms with Crippen molar-refractivity contribution in [1.29, 1.82) is 0 Å². The highest BCUT2D eigenvalue weighted by molar-refractivity contribution is 5.71. The van der Waals surface area contributed by atoms with E-state index in [9.17, 15) is 14.4 Å². The summed E-state index contributed by atoms with van der Waals surface area (Å²) in [5, 5.41) is 0. The van der Waals surface area contributed by atoms with E-state index in [0.717, 1.165) is 141 Å². The zero-order valence-electron chi connectivity index (χ0n) is 52.7. The zero-order chi connectivity index (χ0) is 59.2. The monoisotopic (exact) mass is 1130 g/mol. The molecule has 1 atom stereocenters. The molecule has 0 aliphatic carbocycles. The van der Waals surface area contributed by atoms with Gasteiger partial charge in [0.05, 0.1) is 0 Å². The van der Waals surface area contributed by atoms with E-state index in [-0.39, 0.29) is 31.6 Å². The van der Waals surface area contributed by atoms with E-state index in [1.54, 1.807) is 0 Å². The molecule has 0 heterocycles. The molecular weight excluding hydrogens is 1010 g/mol. The Morgan fingerprint density at radius 1 is 0.256 bits per heavy atom. The van der Waals surface area contributed by atoms with Crippen molar-refractivity contribution in [3.05, 3.63) is 170 Å². The van der Waals surface area contributed by atoms with Gasteiger partial charge in [-0.15, -0.1) is 0 Å². The van der Waals surface area contributed by atoms with Crippen LogP contribution >= 0.6 is 0 Å². The molecule has 0 spiro atoms. The maximum absolute atomic E-state index is 12.9. The summed E-state index contributed by atoms with van der Waals surface area (Å²) in [6.45, 7) is 6.33. The molecule has 0 radical (unpaired) electrons. The molecule has 0 saturated carbocycles. The summed E-state index contributed by atoms with van der Waals surface area (Å²) in [6.07, 6.45) is 101. The van der Waals surface area contributed by atoms with Gasteiger partial charge in [0, 0.05) is 19.3 Å². The maximum Gasteiger partial charge on any atom is 0.306 e. The lowest BCUT2D eigenvalue weighted by atomic mass is 10.1. The van der Waals surface area contributed by atoms with Crippen LogP contribution in [0.15, 0.2) is 170 Å². The van der Waals surface area contributed by atoms with Crippen LogP contribution in [0, 0.1) is 0 Å². The third-order valence-corrected chi connectivity index (χ3v) is 13.4. The van der Waals surface area contributed by atoms with Crippen LogP contribution in [-0.4, -0.2) is 37.2 Å². The van der Waals surface area contributed by atoms with Gasteiger partial charge in [0.25, 0.3) is 0 Å². The van der Waals surface area contributed by atoms with Crippen LogP contribution in [0.2, 0.25) is 0 Å². The molecule has 460 valence electrons. The average Bonchev–Trinajstić information content (AvgIpc) is 3.47. The van der Waals surface area contributed by atoms with Gasteiger partial charge in [-0.2, -0.15) is 0 Å². The Morgan fingerprint density at radius 3 is 0.805 bits per heavy atom. The molecule has 6 nitrogen and oxygen atoms in total. The Bertz CT molecular complexity index is 1870. The molecule has 0 aromatic carbocycles. The Labute approximate surface area is 504 Å². The van der Waals surface area contributed by atoms with Crippen LogP contribution in [-0.2, 0) is 28.6 Å². The second-order valence-corrected chi connectivity index (χ2v) is 21.3. The highest BCUT2D eigenvalue weighted by Crippen LogP contribution is 2.14. The molecule has 0 N–H and O–H groups in total. The normalized spacial score (nSPS) is 13.3. The molecule has 0 fully saturated rings. The minimum atomic E-state index is -0.840. The van der Waals surface area contributed by atoms with Gasteiger partial charge < -0.3 is 14.2 Å². The minimum Gasteiger partial charge on any atom is -0.462 e. The Morgan fingerprint density at radius 2 is 0.500 bits per heavy atom. The van der Waals surface area contributed by atoms with E-state index >= 15 is 0 Å². The molecule has 0 aromatic heterocycles. The van der Waals surface area contributed by atoms with Crippen molar-refractivity contribution in [3.63, 3.8) is 0 Å². The third kappa shape index (κ3) is 65.6. The number of esters is 3. The van der Waals surface area contributed by atoms with E-state index in [2.05, 4.69) is 179 Å². The minimum absolute atomic E-state index is 0.124. The molecule has 6 heteroatoms. The summed E-state index contributed by atoms with van der Waals surface area (Å²) < 4.78 is 16.9. The number of ether oxygens (including phenoxy) is 3. The molecule has 82 heavy (non-hydrogen) atoms. The van der Waals surface area contributed by atoms with Gasteiger partial charge in [0.1, 0.15) is 13.2 Å². The van der Waals surface area contributed by atoms with Gasteiger partial charge in [0.15, 0.2) is 6.10 Å². The van der Waals surface area contributed by atoms with Crippen LogP contribution < -0.4 is 0 Å². The number of carbonyl (C=O) groups is 3. The fraction of sp³-hybridized carbons (Fsp3) is 0.592. The van der Waals surface area contributed by atoms with Crippen LogP contribution in [0.1, 0.15) is 271 Å². The summed E-state index contributed by atoms with van der Waals surface area (Å²) in [4.78, 5) is 38.4. The van der Waals surface area contributed by atoms with Crippen molar-refractivity contribution < 1.29 is 28.6 Å². The molecule has 0 aromatic rings. The second-order valence-electron chi connectivity index (χ2n) is 21.3. The Kier molecular flexibility index (Phi) is 63.9. The zero-order valence-corrected chi connectivity index (χ0v) is 52.7. The SMILES string of the molecule is CC/C=C\C/C=C\C/C=C\C/C=C\C/C=C\C/C=C\C/C=C\CCCCCCCC(=O)OCC(COC(=O)CCCCCCCCC/C=C\CCCCCCCCC)OC(=O)CC/C=C\C/C=C\C/C=C\C/C=C\C/C=C\C/C=C\CC.